The topological polar surface area (TPSA) is 95.9 Å². The van der Waals surface area contributed by atoms with Crippen molar-refractivity contribution in [3.63, 3.8) is 0 Å². The predicted molar refractivity (Wildman–Crippen MR) is 178 cm³/mol. The third-order valence-electron chi connectivity index (χ3n) is 9.10. The third-order valence-corrected chi connectivity index (χ3v) is 9.90. The molecule has 0 radical (unpaired) electrons. The van der Waals surface area contributed by atoms with Gasteiger partial charge in [-0.3, -0.25) is 14.4 Å². The van der Waals surface area contributed by atoms with Crippen molar-refractivity contribution in [2.24, 2.45) is 11.8 Å². The Hall–Kier alpha value is -2.84. The molecule has 1 saturated heterocycles. The second-order valence-electron chi connectivity index (χ2n) is 12.6. The molecule has 0 aromatic heterocycles. The molecule has 8 heteroatoms. The first kappa shape index (κ1) is 34.0. The Balaban J connectivity index is 1.51. The number of benzene rings is 2. The van der Waals surface area contributed by atoms with E-state index in [-0.39, 0.29) is 30.3 Å². The molecule has 7 nitrogen and oxygen atoms in total. The lowest BCUT2D eigenvalue weighted by atomic mass is 9.84. The van der Waals surface area contributed by atoms with Gasteiger partial charge in [-0.05, 0) is 90.8 Å². The SMILES string of the molecule is CSCC(CNC(=O)c1ccc(CO[C@H](CC(=O)N2CCCCC2)CC2CCCCC2)cc1-c1ccccc1C)CC(=O)O. The van der Waals surface area contributed by atoms with E-state index < -0.39 is 5.97 Å². The molecule has 0 bridgehead atoms. The summed E-state index contributed by atoms with van der Waals surface area (Å²) >= 11 is 1.58. The summed E-state index contributed by atoms with van der Waals surface area (Å²) in [6, 6.07) is 13.9. The second kappa shape index (κ2) is 17.6. The summed E-state index contributed by atoms with van der Waals surface area (Å²) in [5.74, 6) is 0.260. The number of nitrogens with one attached hydrogen (secondary N) is 1. The van der Waals surface area contributed by atoms with Crippen LogP contribution in [-0.2, 0) is 20.9 Å². The molecular formula is C36H50N2O5S. The number of amides is 2. The van der Waals surface area contributed by atoms with Crippen LogP contribution in [0.3, 0.4) is 0 Å². The van der Waals surface area contributed by atoms with Crippen LogP contribution in [0.1, 0.15) is 92.1 Å². The van der Waals surface area contributed by atoms with Crippen LogP contribution in [0.15, 0.2) is 42.5 Å². The average molecular weight is 623 g/mol. The Morgan fingerprint density at radius 3 is 2.41 bits per heavy atom. The number of likely N-dealkylation sites (tertiary alicyclic amines) is 1. The van der Waals surface area contributed by atoms with Gasteiger partial charge in [0.15, 0.2) is 0 Å². The number of nitrogens with zero attached hydrogens (tertiary/aromatic N) is 1. The summed E-state index contributed by atoms with van der Waals surface area (Å²) in [7, 11) is 0. The smallest absolute Gasteiger partial charge is 0.303 e. The van der Waals surface area contributed by atoms with E-state index in [4.69, 9.17) is 4.74 Å². The quantitative estimate of drug-likeness (QED) is 0.220. The number of rotatable bonds is 15. The summed E-state index contributed by atoms with van der Waals surface area (Å²) in [4.78, 5) is 40.0. The molecule has 44 heavy (non-hydrogen) atoms. The Morgan fingerprint density at radius 1 is 0.977 bits per heavy atom. The van der Waals surface area contributed by atoms with Gasteiger partial charge >= 0.3 is 5.97 Å². The van der Waals surface area contributed by atoms with Crippen molar-refractivity contribution >= 4 is 29.5 Å². The maximum Gasteiger partial charge on any atom is 0.303 e. The monoisotopic (exact) mass is 622 g/mol. The molecule has 2 atom stereocenters. The number of carbonyl (C=O) groups excluding carboxylic acids is 2. The zero-order valence-electron chi connectivity index (χ0n) is 26.5. The molecule has 4 rings (SSSR count). The fourth-order valence-electron chi connectivity index (χ4n) is 6.67. The number of carbonyl (C=O) groups is 3. The van der Waals surface area contributed by atoms with Crippen LogP contribution in [0.4, 0.5) is 0 Å². The molecule has 1 heterocycles. The first-order valence-corrected chi connectivity index (χ1v) is 17.8. The minimum atomic E-state index is -0.859. The lowest BCUT2D eigenvalue weighted by molar-refractivity contribution is -0.138. The van der Waals surface area contributed by atoms with E-state index >= 15 is 0 Å². The molecule has 1 saturated carbocycles. The predicted octanol–water partition coefficient (Wildman–Crippen LogP) is 7.10. The summed E-state index contributed by atoms with van der Waals surface area (Å²) in [6.45, 7) is 4.42. The first-order chi connectivity index (χ1) is 21.3. The number of hydrogen-bond donors (Lipinski definition) is 2. The molecule has 2 fully saturated rings. The van der Waals surface area contributed by atoms with Crippen LogP contribution in [0.5, 0.6) is 0 Å². The summed E-state index contributed by atoms with van der Waals surface area (Å²) in [6.07, 6.45) is 12.8. The van der Waals surface area contributed by atoms with E-state index in [0.717, 1.165) is 54.6 Å². The Labute approximate surface area is 267 Å². The molecule has 2 aliphatic rings. The molecule has 2 amide bonds. The van der Waals surface area contributed by atoms with Gasteiger partial charge in [-0.25, -0.2) is 0 Å². The maximum atomic E-state index is 13.5. The van der Waals surface area contributed by atoms with Crippen molar-refractivity contribution in [1.82, 2.24) is 10.2 Å². The van der Waals surface area contributed by atoms with Gasteiger partial charge in [0.1, 0.15) is 0 Å². The molecule has 1 aliphatic heterocycles. The van der Waals surface area contributed by atoms with Gasteiger partial charge in [0.05, 0.1) is 25.6 Å². The van der Waals surface area contributed by atoms with Crippen molar-refractivity contribution in [3.8, 4) is 11.1 Å². The van der Waals surface area contributed by atoms with Gasteiger partial charge in [-0.15, -0.1) is 0 Å². The van der Waals surface area contributed by atoms with Crippen molar-refractivity contribution in [2.75, 3.05) is 31.6 Å². The van der Waals surface area contributed by atoms with Crippen LogP contribution in [0.2, 0.25) is 0 Å². The Bertz CT molecular complexity index is 1240. The van der Waals surface area contributed by atoms with Gasteiger partial charge in [0, 0.05) is 25.2 Å². The molecule has 0 spiro atoms. The van der Waals surface area contributed by atoms with E-state index in [9.17, 15) is 19.5 Å². The highest BCUT2D eigenvalue weighted by molar-refractivity contribution is 7.98. The molecule has 2 N–H and O–H groups in total. The summed E-state index contributed by atoms with van der Waals surface area (Å²) in [5, 5.41) is 12.3. The molecule has 2 aromatic carbocycles. The highest BCUT2D eigenvalue weighted by Crippen LogP contribution is 2.31. The van der Waals surface area contributed by atoms with E-state index in [0.29, 0.717) is 36.8 Å². The summed E-state index contributed by atoms with van der Waals surface area (Å²) < 4.78 is 6.55. The van der Waals surface area contributed by atoms with Crippen LogP contribution in [0, 0.1) is 18.8 Å². The average Bonchev–Trinajstić information content (AvgIpc) is 3.03. The van der Waals surface area contributed by atoms with Crippen LogP contribution < -0.4 is 5.32 Å². The van der Waals surface area contributed by atoms with Gasteiger partial charge < -0.3 is 20.1 Å². The third kappa shape index (κ3) is 10.4. The number of ether oxygens (including phenoxy) is 1. The molecule has 240 valence electrons. The van der Waals surface area contributed by atoms with E-state index in [1.807, 2.05) is 60.5 Å². The van der Waals surface area contributed by atoms with Crippen molar-refractivity contribution in [2.45, 2.75) is 90.3 Å². The normalized spacial score (nSPS) is 17.2. The fourth-order valence-corrected chi connectivity index (χ4v) is 7.38. The summed E-state index contributed by atoms with van der Waals surface area (Å²) in [5.41, 5.74) is 4.39. The van der Waals surface area contributed by atoms with Gasteiger partial charge in [-0.1, -0.05) is 62.4 Å². The maximum absolute atomic E-state index is 13.5. The minimum absolute atomic E-state index is 0.0182. The van der Waals surface area contributed by atoms with Gasteiger partial charge in [0.25, 0.3) is 5.91 Å². The standard InChI is InChI=1S/C36H50N2O5S/c1-26-11-7-8-14-31(26)33-20-28(15-16-32(33)36(42)37-23-29(25-44-2)21-35(40)41)24-43-30(19-27-12-5-3-6-13-27)22-34(39)38-17-9-4-10-18-38/h7-8,11,14-16,20,27,29-30H,3-6,9-10,12-13,17-19,21-25H2,1-2H3,(H,37,42)(H,40,41)/t29?,30-/m0/s1. The zero-order chi connectivity index (χ0) is 31.3. The van der Waals surface area contributed by atoms with E-state index in [2.05, 4.69) is 5.32 Å². The van der Waals surface area contributed by atoms with Crippen LogP contribution in [0.25, 0.3) is 11.1 Å². The number of carboxylic acids is 1. The zero-order valence-corrected chi connectivity index (χ0v) is 27.3. The second-order valence-corrected chi connectivity index (χ2v) is 13.6. The number of carboxylic acid groups (broad SMARTS) is 1. The van der Waals surface area contributed by atoms with Crippen LogP contribution >= 0.6 is 11.8 Å². The van der Waals surface area contributed by atoms with Crippen LogP contribution in [-0.4, -0.2) is 65.5 Å². The molecule has 1 unspecified atom stereocenters. The van der Waals surface area contributed by atoms with Gasteiger partial charge in [0.2, 0.25) is 5.91 Å². The highest BCUT2D eigenvalue weighted by atomic mass is 32.2. The Kier molecular flexibility index (Phi) is 13.6. The number of aliphatic carboxylic acids is 1. The van der Waals surface area contributed by atoms with Crippen molar-refractivity contribution in [1.29, 1.82) is 0 Å². The number of piperidine rings is 1. The lowest BCUT2D eigenvalue weighted by Gasteiger charge is -2.30. The first-order valence-electron chi connectivity index (χ1n) is 16.4. The number of hydrogen-bond acceptors (Lipinski definition) is 5. The highest BCUT2D eigenvalue weighted by Gasteiger charge is 2.26. The number of thioether (sulfide) groups is 1. The van der Waals surface area contributed by atoms with Crippen molar-refractivity contribution < 1.29 is 24.2 Å². The van der Waals surface area contributed by atoms with Crippen molar-refractivity contribution in [3.05, 3.63) is 59.2 Å². The number of aryl methyl sites for hydroxylation is 1. The minimum Gasteiger partial charge on any atom is -0.481 e. The largest absolute Gasteiger partial charge is 0.481 e. The molecule has 1 aliphatic carbocycles. The molecule has 2 aromatic rings. The Morgan fingerprint density at radius 2 is 1.70 bits per heavy atom. The molecular weight excluding hydrogens is 572 g/mol. The van der Waals surface area contributed by atoms with Gasteiger partial charge in [-0.2, -0.15) is 11.8 Å². The van der Waals surface area contributed by atoms with E-state index in [1.54, 1.807) is 11.8 Å². The fraction of sp³-hybridized carbons (Fsp3) is 0.583. The van der Waals surface area contributed by atoms with E-state index in [1.165, 1.54) is 38.5 Å². The lowest BCUT2D eigenvalue weighted by Crippen LogP contribution is -2.38.